The van der Waals surface area contributed by atoms with E-state index in [1.165, 1.54) is 41.8 Å². The van der Waals surface area contributed by atoms with Crippen molar-refractivity contribution in [3.05, 3.63) is 59.8 Å². The number of aryl methyl sites for hydroxylation is 1. The van der Waals surface area contributed by atoms with Crippen LogP contribution in [0.5, 0.6) is 0 Å². The second kappa shape index (κ2) is 7.61. The van der Waals surface area contributed by atoms with Gasteiger partial charge in [0.05, 0.1) is 11.3 Å². The normalized spacial score (nSPS) is 13.4. The molecule has 0 saturated heterocycles. The number of hydrogen-bond acceptors (Lipinski definition) is 3. The van der Waals surface area contributed by atoms with Gasteiger partial charge < -0.3 is 5.32 Å². The van der Waals surface area contributed by atoms with Gasteiger partial charge in [-0.15, -0.1) is 11.8 Å². The van der Waals surface area contributed by atoms with Crippen LogP contribution in [0.15, 0.2) is 53.4 Å². The van der Waals surface area contributed by atoms with Crippen molar-refractivity contribution < 1.29 is 9.59 Å². The summed E-state index contributed by atoms with van der Waals surface area (Å²) in [6.45, 7) is 1.49. The fourth-order valence-electron chi connectivity index (χ4n) is 3.83. The Labute approximate surface area is 162 Å². The summed E-state index contributed by atoms with van der Waals surface area (Å²) in [7, 11) is 0. The van der Waals surface area contributed by atoms with Gasteiger partial charge >= 0.3 is 0 Å². The second-order valence-electron chi connectivity index (χ2n) is 6.87. The summed E-state index contributed by atoms with van der Waals surface area (Å²) in [5, 5.41) is 3.98. The molecule has 1 aromatic heterocycles. The largest absolute Gasteiger partial charge is 0.326 e. The van der Waals surface area contributed by atoms with Gasteiger partial charge in [-0.3, -0.25) is 14.2 Å². The molecule has 0 radical (unpaired) electrons. The molecule has 0 spiro atoms. The number of fused-ring (bicyclic) bond motifs is 3. The molecule has 0 aliphatic heterocycles. The van der Waals surface area contributed by atoms with Crippen LogP contribution in [0, 0.1) is 0 Å². The van der Waals surface area contributed by atoms with E-state index in [0.717, 1.165) is 35.4 Å². The predicted molar refractivity (Wildman–Crippen MR) is 111 cm³/mol. The van der Waals surface area contributed by atoms with Gasteiger partial charge in [-0.05, 0) is 61.6 Å². The van der Waals surface area contributed by atoms with Gasteiger partial charge in [0.2, 0.25) is 11.8 Å². The van der Waals surface area contributed by atoms with Crippen LogP contribution in [0.4, 0.5) is 5.69 Å². The highest BCUT2D eigenvalue weighted by Crippen LogP contribution is 2.32. The number of rotatable bonds is 4. The first-order valence-corrected chi connectivity index (χ1v) is 10.3. The Morgan fingerprint density at radius 2 is 1.78 bits per heavy atom. The summed E-state index contributed by atoms with van der Waals surface area (Å²) in [5.74, 6) is 0.435. The standard InChI is InChI=1S/C22H22N2O2S/c1-15(25)23-16-10-12-17(13-11-16)27-14-22(26)24-20-8-4-2-6-18(20)19-7-3-5-9-21(19)24/h2,4,6,8,10-13H,3,5,7,9,14H2,1H3,(H,23,25). The van der Waals surface area contributed by atoms with E-state index in [0.29, 0.717) is 5.75 Å². The minimum absolute atomic E-state index is 0.0881. The van der Waals surface area contributed by atoms with Gasteiger partial charge in [0.15, 0.2) is 0 Å². The Morgan fingerprint density at radius 3 is 2.56 bits per heavy atom. The summed E-state index contributed by atoms with van der Waals surface area (Å²) in [5.41, 5.74) is 4.36. The number of carbonyl (C=O) groups is 2. The van der Waals surface area contributed by atoms with Gasteiger partial charge in [-0.25, -0.2) is 0 Å². The topological polar surface area (TPSA) is 51.1 Å². The summed E-state index contributed by atoms with van der Waals surface area (Å²) < 4.78 is 1.95. The molecule has 27 heavy (non-hydrogen) atoms. The highest BCUT2D eigenvalue weighted by atomic mass is 32.2. The number of amides is 1. The lowest BCUT2D eigenvalue weighted by molar-refractivity contribution is -0.114. The van der Waals surface area contributed by atoms with E-state index in [1.807, 2.05) is 34.9 Å². The number of carbonyl (C=O) groups excluding carboxylic acids is 2. The third-order valence-electron chi connectivity index (χ3n) is 4.97. The first-order valence-electron chi connectivity index (χ1n) is 9.28. The molecule has 138 valence electrons. The average molecular weight is 378 g/mol. The van der Waals surface area contributed by atoms with Crippen molar-refractivity contribution in [2.24, 2.45) is 0 Å². The Kier molecular flexibility index (Phi) is 5.03. The number of nitrogens with one attached hydrogen (secondary N) is 1. The number of anilines is 1. The molecule has 1 aliphatic carbocycles. The van der Waals surface area contributed by atoms with Crippen LogP contribution >= 0.6 is 11.8 Å². The van der Waals surface area contributed by atoms with Gasteiger partial charge in [-0.1, -0.05) is 18.2 Å². The monoisotopic (exact) mass is 378 g/mol. The molecule has 1 amide bonds. The van der Waals surface area contributed by atoms with E-state index in [9.17, 15) is 9.59 Å². The number of benzene rings is 2. The number of hydrogen-bond donors (Lipinski definition) is 1. The maximum atomic E-state index is 13.1. The van der Waals surface area contributed by atoms with Crippen molar-refractivity contribution in [2.75, 3.05) is 11.1 Å². The second-order valence-corrected chi connectivity index (χ2v) is 7.92. The molecule has 1 N–H and O–H groups in total. The van der Waals surface area contributed by atoms with Gasteiger partial charge in [0.1, 0.15) is 0 Å². The molecule has 2 aromatic carbocycles. The van der Waals surface area contributed by atoms with Crippen LogP contribution in [0.25, 0.3) is 10.9 Å². The van der Waals surface area contributed by atoms with Gasteiger partial charge in [0, 0.05) is 28.6 Å². The number of para-hydroxylation sites is 1. The van der Waals surface area contributed by atoms with Crippen LogP contribution < -0.4 is 5.32 Å². The van der Waals surface area contributed by atoms with E-state index in [4.69, 9.17) is 0 Å². The molecule has 3 aromatic rings. The molecule has 0 unspecified atom stereocenters. The highest BCUT2D eigenvalue weighted by Gasteiger charge is 2.23. The molecule has 0 atom stereocenters. The van der Waals surface area contributed by atoms with E-state index in [-0.39, 0.29) is 11.8 Å². The van der Waals surface area contributed by atoms with Crippen molar-refractivity contribution in [1.29, 1.82) is 0 Å². The lowest BCUT2D eigenvalue weighted by Gasteiger charge is -2.15. The first-order chi connectivity index (χ1) is 13.1. The average Bonchev–Trinajstić information content (AvgIpc) is 3.01. The Balaban J connectivity index is 1.54. The number of nitrogens with zero attached hydrogens (tertiary/aromatic N) is 1. The van der Waals surface area contributed by atoms with Crippen LogP contribution in [0.3, 0.4) is 0 Å². The zero-order chi connectivity index (χ0) is 18.8. The van der Waals surface area contributed by atoms with E-state index >= 15 is 0 Å². The van der Waals surface area contributed by atoms with Crippen molar-refractivity contribution >= 4 is 40.2 Å². The zero-order valence-corrected chi connectivity index (χ0v) is 16.1. The van der Waals surface area contributed by atoms with Crippen molar-refractivity contribution in [1.82, 2.24) is 4.57 Å². The van der Waals surface area contributed by atoms with E-state index < -0.39 is 0 Å². The Bertz CT molecular complexity index is 1010. The molecule has 0 fully saturated rings. The maximum absolute atomic E-state index is 13.1. The fourth-order valence-corrected chi connectivity index (χ4v) is 4.58. The Morgan fingerprint density at radius 1 is 1.04 bits per heavy atom. The molecule has 0 bridgehead atoms. The van der Waals surface area contributed by atoms with E-state index in [2.05, 4.69) is 23.5 Å². The summed E-state index contributed by atoms with van der Waals surface area (Å²) in [6.07, 6.45) is 4.39. The Hall–Kier alpha value is -2.53. The van der Waals surface area contributed by atoms with Gasteiger partial charge in [-0.2, -0.15) is 0 Å². The summed E-state index contributed by atoms with van der Waals surface area (Å²) in [4.78, 5) is 25.2. The molecule has 4 nitrogen and oxygen atoms in total. The van der Waals surface area contributed by atoms with Crippen LogP contribution in [-0.2, 0) is 17.6 Å². The van der Waals surface area contributed by atoms with Crippen LogP contribution in [0.1, 0.15) is 35.8 Å². The number of aromatic nitrogens is 1. The minimum atomic E-state index is -0.0881. The van der Waals surface area contributed by atoms with Crippen LogP contribution in [0.2, 0.25) is 0 Å². The van der Waals surface area contributed by atoms with Crippen molar-refractivity contribution in [3.63, 3.8) is 0 Å². The highest BCUT2D eigenvalue weighted by molar-refractivity contribution is 8.00. The predicted octanol–water partition coefficient (Wildman–Crippen LogP) is 4.91. The lowest BCUT2D eigenvalue weighted by Crippen LogP contribution is -2.18. The summed E-state index contributed by atoms with van der Waals surface area (Å²) >= 11 is 1.53. The van der Waals surface area contributed by atoms with Crippen molar-refractivity contribution in [3.8, 4) is 0 Å². The lowest BCUT2D eigenvalue weighted by atomic mass is 9.96. The number of thioether (sulfide) groups is 1. The van der Waals surface area contributed by atoms with Gasteiger partial charge in [0.25, 0.3) is 0 Å². The minimum Gasteiger partial charge on any atom is -0.326 e. The van der Waals surface area contributed by atoms with Crippen LogP contribution in [-0.4, -0.2) is 22.1 Å². The smallest absolute Gasteiger partial charge is 0.241 e. The van der Waals surface area contributed by atoms with E-state index in [1.54, 1.807) is 0 Å². The molecular weight excluding hydrogens is 356 g/mol. The molecule has 1 aliphatic rings. The third kappa shape index (κ3) is 3.65. The molecule has 4 rings (SSSR count). The maximum Gasteiger partial charge on any atom is 0.241 e. The fraction of sp³-hybridized carbons (Fsp3) is 0.273. The molecule has 1 heterocycles. The first kappa shape index (κ1) is 17.9. The SMILES string of the molecule is CC(=O)Nc1ccc(SCC(=O)n2c3c(c4ccccc42)CCCC3)cc1. The van der Waals surface area contributed by atoms with Crippen molar-refractivity contribution in [2.45, 2.75) is 37.5 Å². The summed E-state index contributed by atoms with van der Waals surface area (Å²) in [6, 6.07) is 15.8. The molecule has 0 saturated carbocycles. The molecular formula is C22H22N2O2S. The third-order valence-corrected chi connectivity index (χ3v) is 5.96. The molecule has 5 heteroatoms. The quantitative estimate of drug-likeness (QED) is 0.656. The zero-order valence-electron chi connectivity index (χ0n) is 15.3.